The van der Waals surface area contributed by atoms with Crippen LogP contribution in [0.25, 0.3) is 0 Å². The van der Waals surface area contributed by atoms with E-state index in [1.54, 1.807) is 7.05 Å². The number of aliphatic imine (C=N–C) groups is 1. The maximum atomic E-state index is 5.75. The Bertz CT molecular complexity index is 796. The van der Waals surface area contributed by atoms with Gasteiger partial charge in [0.2, 0.25) is 0 Å². The second-order valence-electron chi connectivity index (χ2n) is 6.82. The summed E-state index contributed by atoms with van der Waals surface area (Å²) in [4.78, 5) is 6.48. The summed E-state index contributed by atoms with van der Waals surface area (Å²) in [6.07, 6.45) is 0.896. The third-order valence-electron chi connectivity index (χ3n) is 4.18. The van der Waals surface area contributed by atoms with E-state index in [0.29, 0.717) is 25.7 Å². The quantitative estimate of drug-likeness (QED) is 0.376. The van der Waals surface area contributed by atoms with Crippen molar-refractivity contribution in [2.45, 2.75) is 19.5 Å². The Morgan fingerprint density at radius 1 is 1.04 bits per heavy atom. The van der Waals surface area contributed by atoms with Crippen LogP contribution >= 0.6 is 24.0 Å². The van der Waals surface area contributed by atoms with E-state index in [1.807, 2.05) is 18.2 Å². The molecule has 0 saturated carbocycles. The van der Waals surface area contributed by atoms with Crippen molar-refractivity contribution in [2.75, 3.05) is 39.7 Å². The van der Waals surface area contributed by atoms with E-state index in [-0.39, 0.29) is 24.0 Å². The fraction of sp³-hybridized carbons (Fsp3) is 0.381. The molecule has 6 nitrogen and oxygen atoms in total. The fourth-order valence-electron chi connectivity index (χ4n) is 2.95. The summed E-state index contributed by atoms with van der Waals surface area (Å²) in [5, 5.41) is 6.67. The summed E-state index contributed by atoms with van der Waals surface area (Å²) >= 11 is 0. The normalized spacial score (nSPS) is 13.5. The highest BCUT2D eigenvalue weighted by Crippen LogP contribution is 2.32. The van der Waals surface area contributed by atoms with Gasteiger partial charge in [0.15, 0.2) is 17.5 Å². The number of hydrogen-bond acceptors (Lipinski definition) is 4. The molecule has 1 aliphatic heterocycles. The van der Waals surface area contributed by atoms with Crippen LogP contribution in [0, 0.1) is 0 Å². The van der Waals surface area contributed by atoms with E-state index < -0.39 is 0 Å². The van der Waals surface area contributed by atoms with Gasteiger partial charge >= 0.3 is 0 Å². The van der Waals surface area contributed by atoms with Gasteiger partial charge in [0, 0.05) is 38.3 Å². The molecule has 1 aliphatic rings. The standard InChI is InChI=1S/C21H28N4O2.HI/c1-22-21(23-14-16-6-4-7-17(12-16)15-25(2)3)24-18-8-9-19-20(13-18)27-11-5-10-26-19;/h4,6-9,12-13H,5,10-11,14-15H2,1-3H3,(H2,22,23,24);1H. The molecule has 152 valence electrons. The highest BCUT2D eigenvalue weighted by molar-refractivity contribution is 14.0. The molecule has 0 spiro atoms. The van der Waals surface area contributed by atoms with Crippen molar-refractivity contribution in [3.8, 4) is 11.5 Å². The van der Waals surface area contributed by atoms with E-state index in [4.69, 9.17) is 9.47 Å². The Morgan fingerprint density at radius 3 is 2.54 bits per heavy atom. The summed E-state index contributed by atoms with van der Waals surface area (Å²) in [5.74, 6) is 2.27. The second kappa shape index (κ2) is 11.1. The van der Waals surface area contributed by atoms with Gasteiger partial charge in [-0.2, -0.15) is 0 Å². The fourth-order valence-corrected chi connectivity index (χ4v) is 2.95. The number of halogens is 1. The lowest BCUT2D eigenvalue weighted by atomic mass is 10.1. The van der Waals surface area contributed by atoms with E-state index in [2.05, 4.69) is 58.9 Å². The van der Waals surface area contributed by atoms with Gasteiger partial charge in [0.25, 0.3) is 0 Å². The van der Waals surface area contributed by atoms with Crippen LogP contribution in [0.5, 0.6) is 11.5 Å². The maximum Gasteiger partial charge on any atom is 0.195 e. The van der Waals surface area contributed by atoms with Gasteiger partial charge in [-0.05, 0) is 37.4 Å². The minimum Gasteiger partial charge on any atom is -0.490 e. The van der Waals surface area contributed by atoms with Gasteiger partial charge in [-0.1, -0.05) is 24.3 Å². The van der Waals surface area contributed by atoms with Gasteiger partial charge in [-0.25, -0.2) is 0 Å². The first-order valence-corrected chi connectivity index (χ1v) is 9.24. The van der Waals surface area contributed by atoms with Gasteiger partial charge in [0.1, 0.15) is 0 Å². The van der Waals surface area contributed by atoms with Crippen LogP contribution in [0.15, 0.2) is 47.5 Å². The summed E-state index contributed by atoms with van der Waals surface area (Å²) in [6.45, 7) is 2.99. The van der Waals surface area contributed by atoms with Crippen LogP contribution in [0.1, 0.15) is 17.5 Å². The van der Waals surface area contributed by atoms with Crippen molar-refractivity contribution in [1.29, 1.82) is 0 Å². The molecule has 28 heavy (non-hydrogen) atoms. The topological polar surface area (TPSA) is 58.1 Å². The van der Waals surface area contributed by atoms with Crippen molar-refractivity contribution in [3.63, 3.8) is 0 Å². The van der Waals surface area contributed by atoms with Gasteiger partial charge in [-0.15, -0.1) is 24.0 Å². The lowest BCUT2D eigenvalue weighted by Gasteiger charge is -2.15. The molecule has 0 aromatic heterocycles. The van der Waals surface area contributed by atoms with Crippen LogP contribution < -0.4 is 20.1 Å². The molecule has 0 saturated heterocycles. The summed E-state index contributed by atoms with van der Waals surface area (Å²) < 4.78 is 11.4. The number of ether oxygens (including phenoxy) is 2. The number of anilines is 1. The average Bonchev–Trinajstić information content (AvgIpc) is 2.90. The van der Waals surface area contributed by atoms with Crippen LogP contribution in [0.3, 0.4) is 0 Å². The molecular formula is C21H29IN4O2. The predicted octanol–water partition coefficient (Wildman–Crippen LogP) is 3.72. The SMILES string of the molecule is CN=C(NCc1cccc(CN(C)C)c1)Nc1ccc2c(c1)OCCCO2.I. The van der Waals surface area contributed by atoms with Gasteiger partial charge < -0.3 is 25.0 Å². The minimum atomic E-state index is 0. The Balaban J connectivity index is 0.00000280. The van der Waals surface area contributed by atoms with E-state index in [0.717, 1.165) is 30.2 Å². The zero-order valence-electron chi connectivity index (χ0n) is 16.7. The first-order valence-electron chi connectivity index (χ1n) is 9.24. The lowest BCUT2D eigenvalue weighted by molar-refractivity contribution is 0.297. The van der Waals surface area contributed by atoms with Crippen LogP contribution in [-0.2, 0) is 13.1 Å². The van der Waals surface area contributed by atoms with Crippen LogP contribution in [-0.4, -0.2) is 45.2 Å². The molecule has 2 N–H and O–H groups in total. The van der Waals surface area contributed by atoms with Crippen molar-refractivity contribution < 1.29 is 9.47 Å². The third-order valence-corrected chi connectivity index (χ3v) is 4.18. The molecule has 7 heteroatoms. The monoisotopic (exact) mass is 496 g/mol. The zero-order chi connectivity index (χ0) is 19.1. The predicted molar refractivity (Wildman–Crippen MR) is 125 cm³/mol. The number of nitrogens with zero attached hydrogens (tertiary/aromatic N) is 2. The number of guanidine groups is 1. The van der Waals surface area contributed by atoms with Crippen molar-refractivity contribution >= 4 is 35.6 Å². The number of fused-ring (bicyclic) bond motifs is 1. The molecule has 0 amide bonds. The van der Waals surface area contributed by atoms with E-state index >= 15 is 0 Å². The molecule has 0 aliphatic carbocycles. The molecule has 0 bridgehead atoms. The van der Waals surface area contributed by atoms with Crippen LogP contribution in [0.4, 0.5) is 5.69 Å². The smallest absolute Gasteiger partial charge is 0.195 e. The first-order chi connectivity index (χ1) is 13.1. The molecule has 0 atom stereocenters. The largest absolute Gasteiger partial charge is 0.490 e. The minimum absolute atomic E-state index is 0. The average molecular weight is 496 g/mol. The lowest BCUT2D eigenvalue weighted by Crippen LogP contribution is -2.30. The molecule has 2 aromatic rings. The Labute approximate surface area is 184 Å². The molecule has 2 aromatic carbocycles. The van der Waals surface area contributed by atoms with Crippen molar-refractivity contribution in [3.05, 3.63) is 53.6 Å². The molecule has 0 unspecified atom stereocenters. The molecular weight excluding hydrogens is 467 g/mol. The number of rotatable bonds is 5. The Kier molecular flexibility index (Phi) is 8.85. The van der Waals surface area contributed by atoms with Gasteiger partial charge in [-0.3, -0.25) is 4.99 Å². The Hall–Kier alpha value is -2.00. The summed E-state index contributed by atoms with van der Waals surface area (Å²) in [6, 6.07) is 14.4. The zero-order valence-corrected chi connectivity index (χ0v) is 19.0. The van der Waals surface area contributed by atoms with Crippen molar-refractivity contribution in [1.82, 2.24) is 10.2 Å². The van der Waals surface area contributed by atoms with Crippen LogP contribution in [0.2, 0.25) is 0 Å². The van der Waals surface area contributed by atoms with E-state index in [1.165, 1.54) is 11.1 Å². The second-order valence-corrected chi connectivity index (χ2v) is 6.82. The third kappa shape index (κ3) is 6.56. The van der Waals surface area contributed by atoms with E-state index in [9.17, 15) is 0 Å². The highest BCUT2D eigenvalue weighted by atomic mass is 127. The maximum absolute atomic E-state index is 5.75. The van der Waals surface area contributed by atoms with Crippen molar-refractivity contribution in [2.24, 2.45) is 4.99 Å². The number of hydrogen-bond donors (Lipinski definition) is 2. The summed E-state index contributed by atoms with van der Waals surface area (Å²) in [7, 11) is 5.92. The number of nitrogens with one attached hydrogen (secondary N) is 2. The molecule has 0 fully saturated rings. The summed E-state index contributed by atoms with van der Waals surface area (Å²) in [5.41, 5.74) is 3.43. The number of benzene rings is 2. The highest BCUT2D eigenvalue weighted by Gasteiger charge is 2.11. The Morgan fingerprint density at radius 2 is 1.79 bits per heavy atom. The first kappa shape index (κ1) is 22.3. The molecule has 0 radical (unpaired) electrons. The molecule has 3 rings (SSSR count). The van der Waals surface area contributed by atoms with Gasteiger partial charge in [0.05, 0.1) is 13.2 Å². The molecule has 1 heterocycles.